The van der Waals surface area contributed by atoms with Crippen LogP contribution in [0.2, 0.25) is 0 Å². The zero-order chi connectivity index (χ0) is 46.6. The molecule has 0 bridgehead atoms. The molecule has 11 rings (SSSR count). The van der Waals surface area contributed by atoms with E-state index >= 15 is 0 Å². The molecule has 0 fully saturated rings. The van der Waals surface area contributed by atoms with Gasteiger partial charge in [0.1, 0.15) is 5.58 Å². The van der Waals surface area contributed by atoms with Gasteiger partial charge in [0.2, 0.25) is 0 Å². The quantitative estimate of drug-likeness (QED) is 0.118. The number of rotatable bonds is 7. The molecule has 0 spiro atoms. The number of furan rings is 1. The second-order valence-corrected chi connectivity index (χ2v) is 19.8. The van der Waals surface area contributed by atoms with Crippen molar-refractivity contribution in [3.63, 3.8) is 0 Å². The molecule has 68 heavy (non-hydrogen) atoms. The van der Waals surface area contributed by atoms with Crippen molar-refractivity contribution in [3.8, 4) is 39.5 Å². The van der Waals surface area contributed by atoms with E-state index in [1.807, 2.05) is 30.5 Å². The van der Waals surface area contributed by atoms with Crippen molar-refractivity contribution in [2.75, 3.05) is 0 Å². The standard InChI is InChI=1S/C48H41N2O.C15H16N.Ir/c1-28(2)35-22-23-37(47-45(35)41-24-33-21-20-32-16-10-11-17-36(32)40(33)27-44(41)51-47)48-49-42-18-12-13-19-43(42)50(48)46-38(29(3)4)25-34(26-39(46)30(5)6)31-14-8-7-9-15-31;1-15(2,3)13-9-10-16-14(11-13)12-7-5-4-6-8-12;/h7-22,24-30H,1-6H3;4-7,9-11H,1-3H3;/q2*-1;. The van der Waals surface area contributed by atoms with Crippen LogP contribution in [-0.2, 0) is 25.5 Å². The second-order valence-electron chi connectivity index (χ2n) is 19.8. The number of imidazole rings is 1. The Balaban J connectivity index is 0.000000289. The molecule has 341 valence electrons. The fraction of sp³-hybridized carbons (Fsp3) is 0.206. The third kappa shape index (κ3) is 8.59. The summed E-state index contributed by atoms with van der Waals surface area (Å²) in [6, 6.07) is 62.9. The first kappa shape index (κ1) is 46.5. The first-order chi connectivity index (χ1) is 32.4. The van der Waals surface area contributed by atoms with Crippen LogP contribution in [-0.4, -0.2) is 14.5 Å². The summed E-state index contributed by atoms with van der Waals surface area (Å²) in [4.78, 5) is 9.80. The minimum Gasteiger partial charge on any atom is -0.501 e. The van der Waals surface area contributed by atoms with Crippen LogP contribution < -0.4 is 0 Å². The molecule has 0 aliphatic rings. The molecule has 0 aliphatic carbocycles. The summed E-state index contributed by atoms with van der Waals surface area (Å²) in [5.74, 6) is 1.68. The van der Waals surface area contributed by atoms with E-state index in [0.29, 0.717) is 0 Å². The van der Waals surface area contributed by atoms with Crippen LogP contribution in [0.3, 0.4) is 0 Å². The van der Waals surface area contributed by atoms with Crippen LogP contribution in [0, 0.1) is 12.1 Å². The average molecular weight is 1060 g/mol. The molecule has 0 N–H and O–H groups in total. The van der Waals surface area contributed by atoms with Gasteiger partial charge in [0.05, 0.1) is 22.4 Å². The molecule has 11 aromatic rings. The number of aromatic nitrogens is 3. The van der Waals surface area contributed by atoms with Crippen LogP contribution in [0.25, 0.3) is 94.0 Å². The van der Waals surface area contributed by atoms with Crippen LogP contribution in [0.1, 0.15) is 102 Å². The molecule has 0 amide bonds. The van der Waals surface area contributed by atoms with Crippen LogP contribution in [0.4, 0.5) is 0 Å². The van der Waals surface area contributed by atoms with Crippen molar-refractivity contribution in [1.29, 1.82) is 0 Å². The van der Waals surface area contributed by atoms with Crippen molar-refractivity contribution >= 4 is 54.5 Å². The van der Waals surface area contributed by atoms with Crippen LogP contribution in [0.15, 0.2) is 168 Å². The Kier molecular flexibility index (Phi) is 12.8. The Bertz CT molecular complexity index is 3560. The third-order valence-electron chi connectivity index (χ3n) is 13.2. The van der Waals surface area contributed by atoms with Gasteiger partial charge in [-0.2, -0.15) is 0 Å². The predicted molar refractivity (Wildman–Crippen MR) is 283 cm³/mol. The Labute approximate surface area is 414 Å². The minimum absolute atomic E-state index is 0. The largest absolute Gasteiger partial charge is 0.501 e. The van der Waals surface area contributed by atoms with Gasteiger partial charge >= 0.3 is 0 Å². The first-order valence-electron chi connectivity index (χ1n) is 23.7. The molecular formula is C63H57IrN3O-2. The Morgan fingerprint density at radius 1 is 0.588 bits per heavy atom. The smallest absolute Gasteiger partial charge is 0.121 e. The monoisotopic (exact) mass is 1060 g/mol. The molecule has 0 aliphatic heterocycles. The number of hydrogen-bond acceptors (Lipinski definition) is 3. The van der Waals surface area contributed by atoms with Gasteiger partial charge in [-0.25, -0.2) is 0 Å². The molecule has 1 radical (unpaired) electrons. The first-order valence-corrected chi connectivity index (χ1v) is 23.7. The average Bonchev–Trinajstić information content (AvgIpc) is 3.91. The summed E-state index contributed by atoms with van der Waals surface area (Å²) in [5, 5.41) is 7.15. The maximum atomic E-state index is 7.02. The molecule has 0 atom stereocenters. The van der Waals surface area contributed by atoms with Gasteiger partial charge in [-0.3, -0.25) is 4.98 Å². The number of hydrogen-bond donors (Lipinski definition) is 0. The maximum absolute atomic E-state index is 7.02. The van der Waals surface area contributed by atoms with Crippen molar-refractivity contribution in [1.82, 2.24) is 14.5 Å². The molecule has 3 aromatic heterocycles. The van der Waals surface area contributed by atoms with E-state index in [-0.39, 0.29) is 43.3 Å². The maximum Gasteiger partial charge on any atom is 0.121 e. The van der Waals surface area contributed by atoms with Gasteiger partial charge in [-0.05, 0) is 115 Å². The molecular weight excluding hydrogens is 1010 g/mol. The van der Waals surface area contributed by atoms with Gasteiger partial charge in [0.15, 0.2) is 0 Å². The summed E-state index contributed by atoms with van der Waals surface area (Å²) in [6.07, 6.45) is 1.87. The van der Waals surface area contributed by atoms with Crippen molar-refractivity contribution in [2.24, 2.45) is 0 Å². The minimum atomic E-state index is 0. The summed E-state index contributed by atoms with van der Waals surface area (Å²) >= 11 is 0. The van der Waals surface area contributed by atoms with Crippen molar-refractivity contribution < 1.29 is 24.5 Å². The van der Waals surface area contributed by atoms with Crippen molar-refractivity contribution in [2.45, 2.75) is 85.5 Å². The zero-order valence-electron chi connectivity index (χ0n) is 40.4. The summed E-state index contributed by atoms with van der Waals surface area (Å²) in [5.41, 5.74) is 15.6. The van der Waals surface area contributed by atoms with E-state index in [1.165, 1.54) is 60.6 Å². The molecule has 3 heterocycles. The fourth-order valence-corrected chi connectivity index (χ4v) is 9.60. The number of pyridine rings is 1. The summed E-state index contributed by atoms with van der Waals surface area (Å²) in [6.45, 7) is 20.3. The predicted octanol–water partition coefficient (Wildman–Crippen LogP) is 17.6. The SMILES string of the molecule is CC(C)(C)c1ccnc(-c2[c-]cccc2)c1.CC(C)c1cc(-c2ccccc2)cc(C(C)C)c1-n1c(-c2[c-]cc(C(C)C)c3c2oc2cc4c(ccc5ccccc54)cc23)nc2ccccc21.[Ir]. The Morgan fingerprint density at radius 2 is 1.26 bits per heavy atom. The number of nitrogens with zero attached hydrogens (tertiary/aromatic N) is 3. The van der Waals surface area contributed by atoms with Gasteiger partial charge in [-0.15, -0.1) is 53.6 Å². The normalized spacial score (nSPS) is 11.9. The van der Waals surface area contributed by atoms with Crippen molar-refractivity contribution in [3.05, 3.63) is 198 Å². The summed E-state index contributed by atoms with van der Waals surface area (Å²) in [7, 11) is 0. The molecule has 0 unspecified atom stereocenters. The number of para-hydroxylation sites is 2. The van der Waals surface area contributed by atoms with E-state index in [2.05, 4.69) is 217 Å². The van der Waals surface area contributed by atoms with Crippen LogP contribution >= 0.6 is 0 Å². The molecule has 8 aromatic carbocycles. The molecule has 5 heteroatoms. The second kappa shape index (κ2) is 18.8. The van der Waals surface area contributed by atoms with E-state index in [4.69, 9.17) is 9.40 Å². The van der Waals surface area contributed by atoms with Gasteiger partial charge in [-0.1, -0.05) is 164 Å². The van der Waals surface area contributed by atoms with Gasteiger partial charge in [0.25, 0.3) is 0 Å². The van der Waals surface area contributed by atoms with Gasteiger partial charge in [0, 0.05) is 37.4 Å². The third-order valence-corrected chi connectivity index (χ3v) is 13.2. The molecule has 0 saturated heterocycles. The van der Waals surface area contributed by atoms with Crippen LogP contribution in [0.5, 0.6) is 0 Å². The summed E-state index contributed by atoms with van der Waals surface area (Å²) < 4.78 is 9.42. The number of benzene rings is 8. The number of fused-ring (bicyclic) bond motifs is 7. The zero-order valence-corrected chi connectivity index (χ0v) is 42.8. The van der Waals surface area contributed by atoms with E-state index in [1.54, 1.807) is 0 Å². The molecule has 4 nitrogen and oxygen atoms in total. The Hall–Kier alpha value is -6.65. The molecule has 0 saturated carbocycles. The van der Waals surface area contributed by atoms with E-state index < -0.39 is 0 Å². The Morgan fingerprint density at radius 3 is 1.97 bits per heavy atom. The van der Waals surface area contributed by atoms with E-state index in [9.17, 15) is 0 Å². The van der Waals surface area contributed by atoms with Gasteiger partial charge < -0.3 is 14.0 Å². The fourth-order valence-electron chi connectivity index (χ4n) is 9.60. The van der Waals surface area contributed by atoms with E-state index in [0.717, 1.165) is 55.6 Å². The topological polar surface area (TPSA) is 43.9 Å².